The molecule has 0 radical (unpaired) electrons. The van der Waals surface area contributed by atoms with Crippen molar-refractivity contribution in [1.29, 1.82) is 0 Å². The highest BCUT2D eigenvalue weighted by Crippen LogP contribution is 2.27. The number of hydrogen-bond acceptors (Lipinski definition) is 5. The maximum absolute atomic E-state index is 12.3. The minimum absolute atomic E-state index is 0.0177. The second-order valence-corrected chi connectivity index (χ2v) is 4.74. The lowest BCUT2D eigenvalue weighted by Gasteiger charge is -2.08. The largest absolute Gasteiger partial charge is 0.508 e. The van der Waals surface area contributed by atoms with Gasteiger partial charge in [-0.2, -0.15) is 0 Å². The summed E-state index contributed by atoms with van der Waals surface area (Å²) in [6, 6.07) is 9.13. The minimum Gasteiger partial charge on any atom is -0.508 e. The van der Waals surface area contributed by atoms with Crippen molar-refractivity contribution >= 4 is 11.9 Å². The zero-order chi connectivity index (χ0) is 16.8. The summed E-state index contributed by atoms with van der Waals surface area (Å²) < 4.78 is 10.4. The third kappa shape index (κ3) is 4.03. The van der Waals surface area contributed by atoms with E-state index in [1.165, 1.54) is 43.5 Å². The first-order valence-electron chi connectivity index (χ1n) is 7.10. The molecular formula is C18H18O5. The molecule has 2 N–H and O–H groups in total. The minimum atomic E-state index is -0.288. The number of methoxy groups -OCH3 is 1. The van der Waals surface area contributed by atoms with Gasteiger partial charge in [0.05, 0.1) is 19.3 Å². The molecule has 0 unspecified atom stereocenters. The molecule has 23 heavy (non-hydrogen) atoms. The Balaban J connectivity index is 2.25. The van der Waals surface area contributed by atoms with E-state index in [0.29, 0.717) is 29.2 Å². The number of ether oxygens (including phenoxy) is 2. The average Bonchev–Trinajstić information content (AvgIpc) is 2.53. The van der Waals surface area contributed by atoms with E-state index in [9.17, 15) is 15.0 Å². The van der Waals surface area contributed by atoms with Crippen LogP contribution in [0.4, 0.5) is 0 Å². The third-order valence-electron chi connectivity index (χ3n) is 3.18. The van der Waals surface area contributed by atoms with Gasteiger partial charge in [0.25, 0.3) is 0 Å². The van der Waals surface area contributed by atoms with Crippen molar-refractivity contribution < 1.29 is 24.5 Å². The fraction of sp³-hybridized carbons (Fsp3) is 0.167. The summed E-state index contributed by atoms with van der Waals surface area (Å²) in [5, 5.41) is 19.4. The highest BCUT2D eigenvalue weighted by molar-refractivity contribution is 6.08. The van der Waals surface area contributed by atoms with E-state index < -0.39 is 0 Å². The molecule has 5 nitrogen and oxygen atoms in total. The van der Waals surface area contributed by atoms with E-state index in [2.05, 4.69) is 0 Å². The van der Waals surface area contributed by atoms with Gasteiger partial charge in [-0.3, -0.25) is 4.79 Å². The number of carbonyl (C=O) groups excluding carboxylic acids is 1. The van der Waals surface area contributed by atoms with Gasteiger partial charge in [-0.25, -0.2) is 0 Å². The first-order chi connectivity index (χ1) is 11.0. The number of rotatable bonds is 6. The number of allylic oxidation sites excluding steroid dienone is 1. The molecule has 0 fully saturated rings. The maximum Gasteiger partial charge on any atom is 0.189 e. The number of hydrogen-bond donors (Lipinski definition) is 2. The Hall–Kier alpha value is -2.95. The van der Waals surface area contributed by atoms with Crippen LogP contribution in [0.1, 0.15) is 22.8 Å². The third-order valence-corrected chi connectivity index (χ3v) is 3.18. The number of carbonyl (C=O) groups is 1. The molecule has 0 saturated heterocycles. The molecular weight excluding hydrogens is 296 g/mol. The molecule has 5 heteroatoms. The second kappa shape index (κ2) is 7.35. The molecule has 0 aromatic heterocycles. The molecule has 2 aromatic carbocycles. The van der Waals surface area contributed by atoms with Crippen molar-refractivity contribution in [2.75, 3.05) is 13.7 Å². The molecule has 0 aliphatic heterocycles. The fourth-order valence-electron chi connectivity index (χ4n) is 2.04. The van der Waals surface area contributed by atoms with Crippen molar-refractivity contribution in [3.05, 3.63) is 53.6 Å². The number of phenols is 2. The molecule has 0 saturated carbocycles. The van der Waals surface area contributed by atoms with Gasteiger partial charge in [0, 0.05) is 17.7 Å². The van der Waals surface area contributed by atoms with Crippen molar-refractivity contribution in [2.24, 2.45) is 0 Å². The molecule has 0 aliphatic carbocycles. The Bertz CT molecular complexity index is 734. The number of ketones is 1. The summed E-state index contributed by atoms with van der Waals surface area (Å²) >= 11 is 0. The summed E-state index contributed by atoms with van der Waals surface area (Å²) in [6.07, 6.45) is 2.86. The van der Waals surface area contributed by atoms with Crippen LogP contribution in [0.5, 0.6) is 23.0 Å². The van der Waals surface area contributed by atoms with Crippen molar-refractivity contribution in [2.45, 2.75) is 6.92 Å². The number of phenolic OH excluding ortho intramolecular Hbond substituents is 2. The second-order valence-electron chi connectivity index (χ2n) is 4.74. The van der Waals surface area contributed by atoms with Gasteiger partial charge in [-0.15, -0.1) is 0 Å². The zero-order valence-electron chi connectivity index (χ0n) is 12.9. The predicted molar refractivity (Wildman–Crippen MR) is 87.3 cm³/mol. The lowest BCUT2D eigenvalue weighted by molar-refractivity contribution is 0.104. The van der Waals surface area contributed by atoms with Crippen LogP contribution in [0.2, 0.25) is 0 Å². The smallest absolute Gasteiger partial charge is 0.189 e. The summed E-state index contributed by atoms with van der Waals surface area (Å²) in [7, 11) is 1.51. The molecule has 0 bridgehead atoms. The van der Waals surface area contributed by atoms with Gasteiger partial charge in [0.15, 0.2) is 5.78 Å². The summed E-state index contributed by atoms with van der Waals surface area (Å²) in [6.45, 7) is 2.18. The van der Waals surface area contributed by atoms with Crippen LogP contribution < -0.4 is 9.47 Å². The maximum atomic E-state index is 12.3. The van der Waals surface area contributed by atoms with Gasteiger partial charge < -0.3 is 19.7 Å². The molecule has 0 aliphatic rings. The van der Waals surface area contributed by atoms with Crippen molar-refractivity contribution in [3.63, 3.8) is 0 Å². The van der Waals surface area contributed by atoms with Crippen LogP contribution in [0.3, 0.4) is 0 Å². The van der Waals surface area contributed by atoms with E-state index in [1.807, 2.05) is 0 Å². The Morgan fingerprint density at radius 2 is 1.96 bits per heavy atom. The Kier molecular flexibility index (Phi) is 5.25. The number of benzene rings is 2. The highest BCUT2D eigenvalue weighted by Gasteiger charge is 2.11. The Morgan fingerprint density at radius 3 is 2.61 bits per heavy atom. The highest BCUT2D eigenvalue weighted by atomic mass is 16.5. The molecule has 0 atom stereocenters. The lowest BCUT2D eigenvalue weighted by atomic mass is 10.1. The predicted octanol–water partition coefficient (Wildman–Crippen LogP) is 3.40. The Morgan fingerprint density at radius 1 is 1.17 bits per heavy atom. The number of aromatic hydroxyl groups is 2. The molecule has 120 valence electrons. The molecule has 2 aromatic rings. The standard InChI is InChI=1S/C18H18O5/c1-3-23-18-10-13(19)6-8-15(18)16(20)9-5-12-4-7-14(22-2)11-17(12)21/h4-11,19,21H,3H2,1-2H3. The van der Waals surface area contributed by atoms with Gasteiger partial charge in [0.1, 0.15) is 23.0 Å². The Labute approximate surface area is 134 Å². The molecule has 0 amide bonds. The van der Waals surface area contributed by atoms with E-state index in [-0.39, 0.29) is 17.3 Å². The molecule has 0 spiro atoms. The van der Waals surface area contributed by atoms with E-state index in [4.69, 9.17) is 9.47 Å². The van der Waals surface area contributed by atoms with Crippen molar-refractivity contribution in [1.82, 2.24) is 0 Å². The van der Waals surface area contributed by atoms with Gasteiger partial charge >= 0.3 is 0 Å². The van der Waals surface area contributed by atoms with Crippen LogP contribution in [0, 0.1) is 0 Å². The molecule has 2 rings (SSSR count). The first kappa shape index (κ1) is 16.4. The van der Waals surface area contributed by atoms with Crippen molar-refractivity contribution in [3.8, 4) is 23.0 Å². The first-order valence-corrected chi connectivity index (χ1v) is 7.10. The van der Waals surface area contributed by atoms with Gasteiger partial charge in [-0.05, 0) is 43.3 Å². The lowest BCUT2D eigenvalue weighted by Crippen LogP contribution is -2.01. The monoisotopic (exact) mass is 314 g/mol. The van der Waals surface area contributed by atoms with Crippen LogP contribution in [-0.2, 0) is 0 Å². The van der Waals surface area contributed by atoms with Crippen LogP contribution in [-0.4, -0.2) is 29.7 Å². The van der Waals surface area contributed by atoms with Gasteiger partial charge in [0.2, 0.25) is 0 Å². The van der Waals surface area contributed by atoms with Crippen LogP contribution >= 0.6 is 0 Å². The zero-order valence-corrected chi connectivity index (χ0v) is 12.9. The molecule has 0 heterocycles. The topological polar surface area (TPSA) is 76.0 Å². The summed E-state index contributed by atoms with van der Waals surface area (Å²) in [5.74, 6) is 0.610. The van der Waals surface area contributed by atoms with Gasteiger partial charge in [-0.1, -0.05) is 0 Å². The normalized spacial score (nSPS) is 10.7. The fourth-order valence-corrected chi connectivity index (χ4v) is 2.04. The van der Waals surface area contributed by atoms with E-state index >= 15 is 0 Å². The van der Waals surface area contributed by atoms with E-state index in [0.717, 1.165) is 0 Å². The van der Waals surface area contributed by atoms with E-state index in [1.54, 1.807) is 19.1 Å². The summed E-state index contributed by atoms with van der Waals surface area (Å²) in [4.78, 5) is 12.3. The quantitative estimate of drug-likeness (QED) is 0.631. The van der Waals surface area contributed by atoms with Crippen LogP contribution in [0.15, 0.2) is 42.5 Å². The van der Waals surface area contributed by atoms with Crippen LogP contribution in [0.25, 0.3) is 6.08 Å². The summed E-state index contributed by atoms with van der Waals surface area (Å²) in [5.41, 5.74) is 0.838. The SMILES string of the molecule is CCOc1cc(O)ccc1C(=O)C=Cc1ccc(OC)cc1O. The average molecular weight is 314 g/mol.